The number of nitrogens with zero attached hydrogens (tertiary/aromatic N) is 2. The number of aryl methyl sites for hydroxylation is 1. The monoisotopic (exact) mass is 464 g/mol. The topological polar surface area (TPSA) is 43.6 Å². The van der Waals surface area contributed by atoms with E-state index in [4.69, 9.17) is 9.73 Å². The first kappa shape index (κ1) is 20.9. The second-order valence-corrected chi connectivity index (χ2v) is 9.54. The molecule has 0 saturated carbocycles. The van der Waals surface area contributed by atoms with Crippen LogP contribution in [-0.2, 0) is 6.42 Å². The molecule has 34 heavy (non-hydrogen) atoms. The number of fused-ring (bicyclic) bond motifs is 3. The van der Waals surface area contributed by atoms with Gasteiger partial charge in [-0.1, -0.05) is 78.1 Å². The number of allylic oxidation sites excluding steroid dienone is 1. The maximum Gasteiger partial charge on any atom is 0.271 e. The lowest BCUT2D eigenvalue weighted by molar-refractivity contribution is 0.340. The van der Waals surface area contributed by atoms with Gasteiger partial charge in [-0.15, -0.1) is 0 Å². The van der Waals surface area contributed by atoms with Gasteiger partial charge in [-0.2, -0.15) is 0 Å². The summed E-state index contributed by atoms with van der Waals surface area (Å²) in [6.45, 7) is 2.60. The van der Waals surface area contributed by atoms with E-state index < -0.39 is 0 Å². The number of hydrogen-bond acceptors (Lipinski definition) is 4. The normalized spacial score (nSPS) is 17.0. The Morgan fingerprint density at radius 1 is 1.00 bits per heavy atom. The van der Waals surface area contributed by atoms with Gasteiger partial charge in [-0.05, 0) is 60.2 Å². The third-order valence-corrected chi connectivity index (χ3v) is 7.46. The van der Waals surface area contributed by atoms with Crippen LogP contribution in [0.5, 0.6) is 5.75 Å². The highest BCUT2D eigenvalue weighted by Gasteiger charge is 2.32. The van der Waals surface area contributed by atoms with Crippen LogP contribution in [0.15, 0.2) is 94.2 Å². The van der Waals surface area contributed by atoms with E-state index in [-0.39, 0.29) is 11.6 Å². The van der Waals surface area contributed by atoms with Crippen LogP contribution in [0.2, 0.25) is 0 Å². The van der Waals surface area contributed by atoms with Gasteiger partial charge in [0.05, 0.1) is 22.9 Å². The minimum atomic E-state index is -0.136. The SMILES string of the molecule is CCOc1ccc(/C=c2\sc3n(c2=O)[C@@H](c2ccccc2)C2=C(N=3)c3ccccc3CC2)cc1. The van der Waals surface area contributed by atoms with Crippen molar-refractivity contribution in [3.05, 3.63) is 126 Å². The second-order valence-electron chi connectivity index (χ2n) is 8.53. The van der Waals surface area contributed by atoms with Gasteiger partial charge >= 0.3 is 0 Å². The van der Waals surface area contributed by atoms with Crippen molar-refractivity contribution < 1.29 is 4.74 Å². The first-order valence-corrected chi connectivity index (χ1v) is 12.5. The van der Waals surface area contributed by atoms with Gasteiger partial charge in [0, 0.05) is 5.56 Å². The van der Waals surface area contributed by atoms with Gasteiger partial charge in [-0.3, -0.25) is 9.36 Å². The molecule has 6 rings (SSSR count). The summed E-state index contributed by atoms with van der Waals surface area (Å²) in [5.74, 6) is 0.830. The average Bonchev–Trinajstić information content (AvgIpc) is 3.19. The maximum atomic E-state index is 13.7. The molecule has 1 atom stereocenters. The predicted molar refractivity (Wildman–Crippen MR) is 137 cm³/mol. The summed E-state index contributed by atoms with van der Waals surface area (Å²) < 4.78 is 8.14. The summed E-state index contributed by atoms with van der Waals surface area (Å²) in [6.07, 6.45) is 3.82. The van der Waals surface area contributed by atoms with Crippen LogP contribution in [0, 0.1) is 0 Å². The van der Waals surface area contributed by atoms with E-state index in [1.165, 1.54) is 28.0 Å². The van der Waals surface area contributed by atoms with Crippen molar-refractivity contribution >= 4 is 23.1 Å². The Labute approximate surface area is 201 Å². The lowest BCUT2D eigenvalue weighted by Crippen LogP contribution is -2.38. The van der Waals surface area contributed by atoms with Gasteiger partial charge < -0.3 is 4.74 Å². The molecule has 168 valence electrons. The molecule has 0 unspecified atom stereocenters. The largest absolute Gasteiger partial charge is 0.494 e. The summed E-state index contributed by atoms with van der Waals surface area (Å²) in [7, 11) is 0. The number of benzene rings is 3. The number of rotatable bonds is 4. The molecule has 2 heterocycles. The van der Waals surface area contributed by atoms with Crippen molar-refractivity contribution in [1.82, 2.24) is 4.57 Å². The molecule has 1 aliphatic heterocycles. The van der Waals surface area contributed by atoms with Crippen LogP contribution in [0.1, 0.15) is 41.6 Å². The van der Waals surface area contributed by atoms with E-state index in [1.807, 2.05) is 60.0 Å². The van der Waals surface area contributed by atoms with E-state index >= 15 is 0 Å². The van der Waals surface area contributed by atoms with Crippen molar-refractivity contribution in [3.8, 4) is 5.75 Å². The molecule has 1 aliphatic carbocycles. The zero-order chi connectivity index (χ0) is 23.1. The quantitative estimate of drug-likeness (QED) is 0.439. The maximum absolute atomic E-state index is 13.7. The van der Waals surface area contributed by atoms with Crippen molar-refractivity contribution in [2.45, 2.75) is 25.8 Å². The summed E-state index contributed by atoms with van der Waals surface area (Å²) in [6, 6.07) is 26.6. The fraction of sp³-hybridized carbons (Fsp3) is 0.172. The van der Waals surface area contributed by atoms with Crippen LogP contribution >= 0.6 is 11.3 Å². The Hall–Kier alpha value is -3.70. The molecule has 0 N–H and O–H groups in total. The highest BCUT2D eigenvalue weighted by Crippen LogP contribution is 2.41. The summed E-state index contributed by atoms with van der Waals surface area (Å²) in [4.78, 5) is 19.5. The highest BCUT2D eigenvalue weighted by molar-refractivity contribution is 7.07. The smallest absolute Gasteiger partial charge is 0.271 e. The Kier molecular flexibility index (Phi) is 5.27. The number of ether oxygens (including phenoxy) is 1. The van der Waals surface area contributed by atoms with E-state index in [1.54, 1.807) is 0 Å². The summed E-state index contributed by atoms with van der Waals surface area (Å²) >= 11 is 1.46. The van der Waals surface area contributed by atoms with Crippen molar-refractivity contribution in [2.75, 3.05) is 6.61 Å². The molecule has 0 amide bonds. The molecule has 0 bridgehead atoms. The molecule has 4 nitrogen and oxygen atoms in total. The third-order valence-electron chi connectivity index (χ3n) is 6.48. The molecular weight excluding hydrogens is 440 g/mol. The van der Waals surface area contributed by atoms with Crippen LogP contribution in [-0.4, -0.2) is 11.2 Å². The van der Waals surface area contributed by atoms with E-state index in [0.29, 0.717) is 11.1 Å². The van der Waals surface area contributed by atoms with Gasteiger partial charge in [-0.25, -0.2) is 4.99 Å². The average molecular weight is 465 g/mol. The van der Waals surface area contributed by atoms with Crippen LogP contribution < -0.4 is 19.6 Å². The molecule has 0 radical (unpaired) electrons. The van der Waals surface area contributed by atoms with E-state index in [2.05, 4.69) is 36.4 Å². The number of thiazole rings is 1. The molecule has 0 fully saturated rings. The van der Waals surface area contributed by atoms with Crippen molar-refractivity contribution in [1.29, 1.82) is 0 Å². The molecule has 3 aromatic carbocycles. The fourth-order valence-electron chi connectivity index (χ4n) is 4.94. The predicted octanol–water partition coefficient (Wildman–Crippen LogP) is 4.72. The standard InChI is InChI=1S/C29H24N2O2S/c1-2-33-22-15-12-19(13-16-22)18-25-28(32)31-27(21-9-4-3-5-10-21)24-17-14-20-8-6-7-11-23(20)26(24)30-29(31)34-25/h3-13,15-16,18,27H,2,14,17H2,1H3/b25-18-/t27-/m0/s1. The van der Waals surface area contributed by atoms with Crippen LogP contribution in [0.25, 0.3) is 11.8 Å². The Morgan fingerprint density at radius 2 is 1.76 bits per heavy atom. The highest BCUT2D eigenvalue weighted by atomic mass is 32.1. The molecule has 0 saturated heterocycles. The fourth-order valence-corrected chi connectivity index (χ4v) is 5.94. The molecule has 0 spiro atoms. The Balaban J connectivity index is 1.55. The first-order valence-electron chi connectivity index (χ1n) is 11.6. The van der Waals surface area contributed by atoms with E-state index in [9.17, 15) is 4.79 Å². The number of hydrogen-bond donors (Lipinski definition) is 0. The summed E-state index contributed by atoms with van der Waals surface area (Å²) in [5.41, 5.74) is 6.88. The molecule has 5 heteroatoms. The van der Waals surface area contributed by atoms with Gasteiger partial charge in [0.2, 0.25) is 0 Å². The lowest BCUT2D eigenvalue weighted by Gasteiger charge is -2.30. The van der Waals surface area contributed by atoms with E-state index in [0.717, 1.165) is 40.2 Å². The zero-order valence-electron chi connectivity index (χ0n) is 18.9. The van der Waals surface area contributed by atoms with Crippen molar-refractivity contribution in [3.63, 3.8) is 0 Å². The summed E-state index contributed by atoms with van der Waals surface area (Å²) in [5, 5.41) is 0. The molecular formula is C29H24N2O2S. The molecule has 1 aromatic heterocycles. The van der Waals surface area contributed by atoms with Crippen molar-refractivity contribution in [2.24, 2.45) is 4.99 Å². The number of aromatic nitrogens is 1. The third kappa shape index (κ3) is 3.53. The Bertz CT molecular complexity index is 1580. The first-order chi connectivity index (χ1) is 16.7. The molecule has 4 aromatic rings. The van der Waals surface area contributed by atoms with Gasteiger partial charge in [0.25, 0.3) is 5.56 Å². The van der Waals surface area contributed by atoms with Gasteiger partial charge in [0.1, 0.15) is 5.75 Å². The Morgan fingerprint density at radius 3 is 2.56 bits per heavy atom. The minimum absolute atomic E-state index is 0.0110. The zero-order valence-corrected chi connectivity index (χ0v) is 19.7. The second kappa shape index (κ2) is 8.58. The van der Waals surface area contributed by atoms with Gasteiger partial charge in [0.15, 0.2) is 4.80 Å². The van der Waals surface area contributed by atoms with Crippen LogP contribution in [0.4, 0.5) is 0 Å². The minimum Gasteiger partial charge on any atom is -0.494 e. The molecule has 2 aliphatic rings. The van der Waals surface area contributed by atoms with Crippen LogP contribution in [0.3, 0.4) is 0 Å². The lowest BCUT2D eigenvalue weighted by atomic mass is 9.83.